The summed E-state index contributed by atoms with van der Waals surface area (Å²) in [5, 5.41) is 8.67. The molecule has 4 rings (SSSR count). The fourth-order valence-corrected chi connectivity index (χ4v) is 3.35. The lowest BCUT2D eigenvalue weighted by Gasteiger charge is -2.15. The van der Waals surface area contributed by atoms with Crippen LogP contribution in [0.25, 0.3) is 0 Å². The van der Waals surface area contributed by atoms with Crippen LogP contribution in [0.15, 0.2) is 71.3 Å². The lowest BCUT2D eigenvalue weighted by molar-refractivity contribution is -0.114. The molecule has 1 aromatic heterocycles. The first-order valence-electron chi connectivity index (χ1n) is 10.5. The van der Waals surface area contributed by atoms with Gasteiger partial charge in [0, 0.05) is 18.0 Å². The molecule has 8 nitrogen and oxygen atoms in total. The standard InChI is InChI=1S/C24H25N3O5/c28-23(15-25-20-9-1-2-10-21(20)32-16-19-8-4-12-30-19)26-17-6-3-7-18(14-17)27-24(29)22-11-5-13-31-22/h1-3,5-7,9-11,13-14,19,25H,4,8,12,15-16H2,(H,26,28)(H,27,29). The number of anilines is 3. The van der Waals surface area contributed by atoms with E-state index in [9.17, 15) is 9.59 Å². The smallest absolute Gasteiger partial charge is 0.291 e. The van der Waals surface area contributed by atoms with Crippen molar-refractivity contribution in [2.24, 2.45) is 0 Å². The van der Waals surface area contributed by atoms with Crippen molar-refractivity contribution in [2.45, 2.75) is 18.9 Å². The predicted molar refractivity (Wildman–Crippen MR) is 121 cm³/mol. The monoisotopic (exact) mass is 435 g/mol. The minimum atomic E-state index is -0.361. The molecule has 1 unspecified atom stereocenters. The molecule has 1 saturated heterocycles. The molecular weight excluding hydrogens is 410 g/mol. The Morgan fingerprint density at radius 2 is 1.84 bits per heavy atom. The first kappa shape index (κ1) is 21.5. The van der Waals surface area contributed by atoms with E-state index >= 15 is 0 Å². The Kier molecular flexibility index (Phi) is 7.04. The number of amides is 2. The van der Waals surface area contributed by atoms with E-state index in [1.807, 2.05) is 24.3 Å². The third kappa shape index (κ3) is 5.89. The number of carbonyl (C=O) groups excluding carboxylic acids is 2. The molecule has 0 bridgehead atoms. The van der Waals surface area contributed by atoms with Crippen LogP contribution in [0.1, 0.15) is 23.4 Å². The molecule has 1 fully saturated rings. The van der Waals surface area contributed by atoms with Crippen molar-refractivity contribution in [2.75, 3.05) is 35.7 Å². The van der Waals surface area contributed by atoms with E-state index in [0.29, 0.717) is 23.7 Å². The van der Waals surface area contributed by atoms with Crippen LogP contribution in [-0.4, -0.2) is 37.7 Å². The summed E-state index contributed by atoms with van der Waals surface area (Å²) in [6.45, 7) is 1.33. The van der Waals surface area contributed by atoms with Gasteiger partial charge in [-0.3, -0.25) is 9.59 Å². The summed E-state index contributed by atoms with van der Waals surface area (Å²) in [4.78, 5) is 24.6. The fourth-order valence-electron chi connectivity index (χ4n) is 3.35. The van der Waals surface area contributed by atoms with Gasteiger partial charge >= 0.3 is 0 Å². The van der Waals surface area contributed by atoms with E-state index in [1.165, 1.54) is 6.26 Å². The molecular formula is C24H25N3O5. The second kappa shape index (κ2) is 10.5. The maximum atomic E-state index is 12.4. The molecule has 8 heteroatoms. The summed E-state index contributed by atoms with van der Waals surface area (Å²) in [7, 11) is 0. The number of rotatable bonds is 9. The Morgan fingerprint density at radius 1 is 1.00 bits per heavy atom. The maximum absolute atomic E-state index is 12.4. The van der Waals surface area contributed by atoms with Gasteiger partial charge in [0.05, 0.1) is 24.6 Å². The van der Waals surface area contributed by atoms with E-state index in [-0.39, 0.29) is 30.2 Å². The van der Waals surface area contributed by atoms with E-state index in [1.54, 1.807) is 36.4 Å². The minimum absolute atomic E-state index is 0.0588. The first-order chi connectivity index (χ1) is 15.7. The van der Waals surface area contributed by atoms with Crippen molar-refractivity contribution in [3.8, 4) is 5.75 Å². The Labute approximate surface area is 185 Å². The SMILES string of the molecule is O=C(CNc1ccccc1OCC1CCCO1)Nc1cccc(NC(=O)c2ccco2)c1. The van der Waals surface area contributed by atoms with E-state index < -0.39 is 0 Å². The first-order valence-corrected chi connectivity index (χ1v) is 10.5. The quantitative estimate of drug-likeness (QED) is 0.467. The number of hydrogen-bond donors (Lipinski definition) is 3. The summed E-state index contributed by atoms with van der Waals surface area (Å²) in [6.07, 6.45) is 3.61. The number of benzene rings is 2. The molecule has 2 amide bonds. The van der Waals surface area contributed by atoms with Crippen LogP contribution in [0, 0.1) is 0 Å². The minimum Gasteiger partial charge on any atom is -0.489 e. The van der Waals surface area contributed by atoms with Crippen LogP contribution in [0.2, 0.25) is 0 Å². The summed E-state index contributed by atoms with van der Waals surface area (Å²) in [6, 6.07) is 17.6. The third-order valence-corrected chi connectivity index (χ3v) is 4.92. The molecule has 2 heterocycles. The largest absolute Gasteiger partial charge is 0.489 e. The molecule has 2 aromatic carbocycles. The maximum Gasteiger partial charge on any atom is 0.291 e. The van der Waals surface area contributed by atoms with Crippen molar-refractivity contribution < 1.29 is 23.5 Å². The molecule has 32 heavy (non-hydrogen) atoms. The molecule has 0 saturated carbocycles. The van der Waals surface area contributed by atoms with Gasteiger partial charge in [-0.1, -0.05) is 18.2 Å². The highest BCUT2D eigenvalue weighted by Gasteiger charge is 2.17. The van der Waals surface area contributed by atoms with Crippen LogP contribution in [-0.2, 0) is 9.53 Å². The highest BCUT2D eigenvalue weighted by atomic mass is 16.5. The second-order valence-electron chi connectivity index (χ2n) is 7.36. The van der Waals surface area contributed by atoms with Gasteiger partial charge in [0.25, 0.3) is 5.91 Å². The number of para-hydroxylation sites is 2. The zero-order valence-corrected chi connectivity index (χ0v) is 17.5. The number of ether oxygens (including phenoxy) is 2. The molecule has 1 aliphatic heterocycles. The number of hydrogen-bond acceptors (Lipinski definition) is 6. The van der Waals surface area contributed by atoms with Crippen molar-refractivity contribution in [1.29, 1.82) is 0 Å². The van der Waals surface area contributed by atoms with Crippen molar-refractivity contribution in [3.05, 3.63) is 72.7 Å². The number of nitrogens with one attached hydrogen (secondary N) is 3. The van der Waals surface area contributed by atoms with E-state index in [0.717, 1.165) is 25.1 Å². The average molecular weight is 435 g/mol. The Hall–Kier alpha value is -3.78. The molecule has 3 aromatic rings. The zero-order chi connectivity index (χ0) is 22.2. The molecule has 166 valence electrons. The second-order valence-corrected chi connectivity index (χ2v) is 7.36. The van der Waals surface area contributed by atoms with Gasteiger partial charge < -0.3 is 29.8 Å². The lowest BCUT2D eigenvalue weighted by atomic mass is 10.2. The number of furan rings is 1. The van der Waals surface area contributed by atoms with Gasteiger partial charge in [0.1, 0.15) is 12.4 Å². The van der Waals surface area contributed by atoms with Gasteiger partial charge in [-0.15, -0.1) is 0 Å². The molecule has 1 aliphatic rings. The zero-order valence-electron chi connectivity index (χ0n) is 17.5. The highest BCUT2D eigenvalue weighted by Crippen LogP contribution is 2.25. The number of carbonyl (C=O) groups is 2. The van der Waals surface area contributed by atoms with Crippen LogP contribution in [0.3, 0.4) is 0 Å². The van der Waals surface area contributed by atoms with Crippen molar-refractivity contribution >= 4 is 28.9 Å². The summed E-state index contributed by atoms with van der Waals surface area (Å²) < 4.78 is 16.6. The molecule has 3 N–H and O–H groups in total. The Bertz CT molecular complexity index is 1050. The van der Waals surface area contributed by atoms with Crippen molar-refractivity contribution in [1.82, 2.24) is 0 Å². The normalized spacial score (nSPS) is 15.2. The van der Waals surface area contributed by atoms with Gasteiger partial charge in [-0.2, -0.15) is 0 Å². The Morgan fingerprint density at radius 3 is 2.62 bits per heavy atom. The lowest BCUT2D eigenvalue weighted by Crippen LogP contribution is -2.22. The summed E-state index contributed by atoms with van der Waals surface area (Å²) in [5.41, 5.74) is 1.85. The van der Waals surface area contributed by atoms with Gasteiger partial charge in [-0.05, 0) is 55.3 Å². The molecule has 1 atom stereocenters. The van der Waals surface area contributed by atoms with Gasteiger partial charge in [-0.25, -0.2) is 0 Å². The van der Waals surface area contributed by atoms with Crippen LogP contribution < -0.4 is 20.7 Å². The van der Waals surface area contributed by atoms with Crippen molar-refractivity contribution in [3.63, 3.8) is 0 Å². The van der Waals surface area contributed by atoms with Gasteiger partial charge in [0.15, 0.2) is 5.76 Å². The van der Waals surface area contributed by atoms with Gasteiger partial charge in [0.2, 0.25) is 5.91 Å². The van der Waals surface area contributed by atoms with E-state index in [4.69, 9.17) is 13.9 Å². The topological polar surface area (TPSA) is 102 Å². The molecule has 0 aliphatic carbocycles. The molecule has 0 spiro atoms. The van der Waals surface area contributed by atoms with Crippen LogP contribution >= 0.6 is 0 Å². The van der Waals surface area contributed by atoms with Crippen LogP contribution in [0.4, 0.5) is 17.1 Å². The predicted octanol–water partition coefficient (Wildman–Crippen LogP) is 4.14. The average Bonchev–Trinajstić information content (AvgIpc) is 3.51. The fraction of sp³-hybridized carbons (Fsp3) is 0.250. The third-order valence-electron chi connectivity index (χ3n) is 4.92. The summed E-state index contributed by atoms with van der Waals surface area (Å²) >= 11 is 0. The van der Waals surface area contributed by atoms with Crippen LogP contribution in [0.5, 0.6) is 5.75 Å². The highest BCUT2D eigenvalue weighted by molar-refractivity contribution is 6.02. The van der Waals surface area contributed by atoms with E-state index in [2.05, 4.69) is 16.0 Å². The Balaban J connectivity index is 1.29. The molecule has 0 radical (unpaired) electrons. The summed E-state index contributed by atoms with van der Waals surface area (Å²) in [5.74, 6) is 0.302.